The summed E-state index contributed by atoms with van der Waals surface area (Å²) in [4.78, 5) is 3.98. The summed E-state index contributed by atoms with van der Waals surface area (Å²) in [6, 6.07) is 14.9. The Morgan fingerprint density at radius 3 is 2.56 bits per heavy atom. The minimum atomic E-state index is 0.411. The minimum absolute atomic E-state index is 0.411. The standard InChI is InChI=1S/C44H37N/c1-24-35-20-36-29-14-6-2-10-25(29)26-11-3-7-15-30(26)37(36)21-39(35)33-18-19-34-41-22-38-31-16-8-4-12-27(31)28-13-5-9-17-32(28)40(38)23-42(41)45-44(34)43(24)33/h2,5-7,9-10,13-15,18-23,25,27,29,31-32,45H,1,3-4,8,11-12,16-17H2/t25?,27?,29?,31-,32?/m1/s1. The number of allylic oxidation sites excluding steroid dienone is 12. The lowest BCUT2D eigenvalue weighted by Gasteiger charge is -2.44. The Kier molecular flexibility index (Phi) is 4.91. The number of hydrogen-bond acceptors (Lipinski definition) is 0. The second kappa shape index (κ2) is 8.88. The maximum absolute atomic E-state index is 4.78. The quantitative estimate of drug-likeness (QED) is 0.188. The molecule has 0 saturated heterocycles. The average Bonchev–Trinajstić information content (AvgIpc) is 3.61. The van der Waals surface area contributed by atoms with E-state index in [1.165, 1.54) is 98.4 Å². The first-order valence-electron chi connectivity index (χ1n) is 17.4. The Hall–Kier alpha value is -4.36. The molecule has 3 aromatic carbocycles. The summed E-state index contributed by atoms with van der Waals surface area (Å²) < 4.78 is 0. The van der Waals surface area contributed by atoms with Crippen molar-refractivity contribution in [2.24, 2.45) is 11.8 Å². The molecular formula is C44H37N. The summed E-state index contributed by atoms with van der Waals surface area (Å²) in [5, 5.41) is 2.74. The van der Waals surface area contributed by atoms with Crippen molar-refractivity contribution in [3.8, 4) is 11.1 Å². The van der Waals surface area contributed by atoms with Gasteiger partial charge in [-0.3, -0.25) is 0 Å². The lowest BCUT2D eigenvalue weighted by molar-refractivity contribution is 0.318. The van der Waals surface area contributed by atoms with E-state index in [-0.39, 0.29) is 0 Å². The summed E-state index contributed by atoms with van der Waals surface area (Å²) >= 11 is 0. The first-order valence-corrected chi connectivity index (χ1v) is 17.4. The van der Waals surface area contributed by atoms with Gasteiger partial charge in [0.05, 0.1) is 5.52 Å². The first kappa shape index (κ1) is 24.9. The predicted octanol–water partition coefficient (Wildman–Crippen LogP) is 11.6. The normalized spacial score (nSPS) is 28.2. The molecule has 4 unspecified atom stereocenters. The van der Waals surface area contributed by atoms with Crippen LogP contribution in [0.1, 0.15) is 96.1 Å². The van der Waals surface area contributed by atoms with Crippen LogP contribution >= 0.6 is 0 Å². The highest BCUT2D eigenvalue weighted by atomic mass is 14.7. The summed E-state index contributed by atoms with van der Waals surface area (Å²) in [5.74, 6) is 2.81. The lowest BCUT2D eigenvalue weighted by atomic mass is 9.60. The monoisotopic (exact) mass is 579 g/mol. The van der Waals surface area contributed by atoms with Gasteiger partial charge in [-0.2, -0.15) is 0 Å². The van der Waals surface area contributed by atoms with Crippen LogP contribution in [0.25, 0.3) is 44.1 Å². The Morgan fingerprint density at radius 1 is 0.733 bits per heavy atom. The van der Waals surface area contributed by atoms with E-state index in [0.29, 0.717) is 23.7 Å². The fourth-order valence-corrected chi connectivity index (χ4v) is 10.7. The lowest BCUT2D eigenvalue weighted by Crippen LogP contribution is -2.29. The van der Waals surface area contributed by atoms with Crippen molar-refractivity contribution < 1.29 is 0 Å². The highest BCUT2D eigenvalue weighted by molar-refractivity contribution is 6.17. The molecule has 1 fully saturated rings. The van der Waals surface area contributed by atoms with E-state index in [4.69, 9.17) is 6.58 Å². The topological polar surface area (TPSA) is 15.8 Å². The third-order valence-electron chi connectivity index (χ3n) is 12.7. The zero-order chi connectivity index (χ0) is 29.4. The second-order valence-electron chi connectivity index (χ2n) is 14.6. The van der Waals surface area contributed by atoms with Crippen molar-refractivity contribution in [1.82, 2.24) is 4.98 Å². The van der Waals surface area contributed by atoms with E-state index in [9.17, 15) is 0 Å². The van der Waals surface area contributed by atoms with Crippen LogP contribution in [-0.2, 0) is 0 Å². The van der Waals surface area contributed by atoms with Gasteiger partial charge in [-0.25, -0.2) is 0 Å². The van der Waals surface area contributed by atoms with Crippen LogP contribution in [0.15, 0.2) is 109 Å². The van der Waals surface area contributed by atoms with Crippen molar-refractivity contribution in [3.63, 3.8) is 0 Å². The van der Waals surface area contributed by atoms with Crippen molar-refractivity contribution in [1.29, 1.82) is 0 Å². The summed E-state index contributed by atoms with van der Waals surface area (Å²) in [6.45, 7) is 4.78. The van der Waals surface area contributed by atoms with Crippen molar-refractivity contribution >= 4 is 33.0 Å². The van der Waals surface area contributed by atoms with Gasteiger partial charge in [0.1, 0.15) is 0 Å². The molecule has 1 nitrogen and oxygen atoms in total. The van der Waals surface area contributed by atoms with E-state index < -0.39 is 0 Å². The van der Waals surface area contributed by atoms with E-state index in [2.05, 4.69) is 96.1 Å². The van der Waals surface area contributed by atoms with Crippen LogP contribution in [0.5, 0.6) is 0 Å². The summed E-state index contributed by atoms with van der Waals surface area (Å²) in [5.41, 5.74) is 19.9. The van der Waals surface area contributed by atoms with Crippen LogP contribution in [-0.4, -0.2) is 4.98 Å². The third-order valence-corrected chi connectivity index (χ3v) is 12.7. The van der Waals surface area contributed by atoms with Gasteiger partial charge < -0.3 is 4.98 Å². The third kappa shape index (κ3) is 3.19. The van der Waals surface area contributed by atoms with Gasteiger partial charge in [0.2, 0.25) is 0 Å². The van der Waals surface area contributed by atoms with Gasteiger partial charge in [0.25, 0.3) is 0 Å². The summed E-state index contributed by atoms with van der Waals surface area (Å²) in [6.07, 6.45) is 30.2. The van der Waals surface area contributed by atoms with E-state index in [1.54, 1.807) is 22.3 Å². The molecule has 7 aliphatic rings. The van der Waals surface area contributed by atoms with Crippen molar-refractivity contribution in [3.05, 3.63) is 142 Å². The molecule has 0 bridgehead atoms. The molecule has 1 N–H and O–H groups in total. The number of aromatic nitrogens is 1. The number of rotatable bonds is 0. The Bertz CT molecular complexity index is 2240. The van der Waals surface area contributed by atoms with Crippen LogP contribution in [0.3, 0.4) is 0 Å². The zero-order valence-corrected chi connectivity index (χ0v) is 25.7. The van der Waals surface area contributed by atoms with Crippen molar-refractivity contribution in [2.45, 2.75) is 62.7 Å². The molecule has 218 valence electrons. The SMILES string of the molecule is C=C1c2cc3c(cc2-c2ccc4c([nH]c5cc6c(cc54)[C@@H]4CCCCC4C4=CC=CCC46)c21)C1=C(CCC=C1)C1C=CC=CC31. The van der Waals surface area contributed by atoms with Gasteiger partial charge in [0.15, 0.2) is 0 Å². The van der Waals surface area contributed by atoms with Crippen LogP contribution in [0, 0.1) is 11.8 Å². The van der Waals surface area contributed by atoms with Gasteiger partial charge in [-0.1, -0.05) is 97.4 Å². The molecule has 1 aromatic heterocycles. The highest BCUT2D eigenvalue weighted by Gasteiger charge is 2.41. The van der Waals surface area contributed by atoms with E-state index in [1.807, 2.05) is 0 Å². The first-order chi connectivity index (χ1) is 22.2. The van der Waals surface area contributed by atoms with Crippen LogP contribution < -0.4 is 0 Å². The molecule has 0 radical (unpaired) electrons. The number of nitrogens with one attached hydrogen (secondary N) is 1. The Morgan fingerprint density at radius 2 is 1.62 bits per heavy atom. The summed E-state index contributed by atoms with van der Waals surface area (Å²) in [7, 11) is 0. The molecule has 1 saturated carbocycles. The average molecular weight is 580 g/mol. The minimum Gasteiger partial charge on any atom is -0.354 e. The van der Waals surface area contributed by atoms with Gasteiger partial charge >= 0.3 is 0 Å². The molecule has 7 aliphatic carbocycles. The highest BCUT2D eigenvalue weighted by Crippen LogP contribution is 2.57. The van der Waals surface area contributed by atoms with E-state index in [0.717, 1.165) is 18.8 Å². The maximum Gasteiger partial charge on any atom is 0.0550 e. The molecule has 0 amide bonds. The Labute approximate surface area is 265 Å². The van der Waals surface area contributed by atoms with Crippen molar-refractivity contribution in [2.75, 3.05) is 0 Å². The molecule has 1 heterocycles. The number of fused-ring (bicyclic) bond motifs is 18. The molecule has 1 heteroatoms. The maximum atomic E-state index is 4.78. The van der Waals surface area contributed by atoms with Gasteiger partial charge in [-0.05, 0) is 118 Å². The zero-order valence-electron chi connectivity index (χ0n) is 25.7. The largest absolute Gasteiger partial charge is 0.354 e. The van der Waals surface area contributed by atoms with E-state index >= 15 is 0 Å². The molecule has 0 spiro atoms. The van der Waals surface area contributed by atoms with Gasteiger partial charge in [0, 0.05) is 39.6 Å². The number of benzene rings is 3. The van der Waals surface area contributed by atoms with Crippen LogP contribution in [0.2, 0.25) is 0 Å². The fourth-order valence-electron chi connectivity index (χ4n) is 10.7. The second-order valence-corrected chi connectivity index (χ2v) is 14.6. The molecule has 4 aromatic rings. The molecule has 5 atom stereocenters. The molecule has 0 aliphatic heterocycles. The van der Waals surface area contributed by atoms with Gasteiger partial charge in [-0.15, -0.1) is 0 Å². The smallest absolute Gasteiger partial charge is 0.0550 e. The molecule has 45 heavy (non-hydrogen) atoms. The number of H-pyrrole nitrogens is 1. The number of hydrogen-bond donors (Lipinski definition) is 1. The number of aromatic amines is 1. The molecular weight excluding hydrogens is 542 g/mol. The van der Waals surface area contributed by atoms with Crippen LogP contribution in [0.4, 0.5) is 0 Å². The predicted molar refractivity (Wildman–Crippen MR) is 188 cm³/mol. The Balaban J connectivity index is 1.11. The fraction of sp³-hybridized carbons (Fsp3) is 0.273. The molecule has 11 rings (SSSR count).